The fourth-order valence-electron chi connectivity index (χ4n) is 1.17. The van der Waals surface area contributed by atoms with Crippen molar-refractivity contribution in [2.75, 3.05) is 18.6 Å². The Morgan fingerprint density at radius 3 is 2.94 bits per heavy atom. The van der Waals surface area contributed by atoms with Crippen LogP contribution >= 0.6 is 39.0 Å². The molecule has 0 aromatic carbocycles. The maximum atomic E-state index is 11.7. The lowest BCUT2D eigenvalue weighted by molar-refractivity contribution is 0.0727. The second kappa shape index (κ2) is 6.05. The normalized spacial score (nSPS) is 14.5. The van der Waals surface area contributed by atoms with Crippen molar-refractivity contribution in [3.8, 4) is 0 Å². The number of nitrogens with one attached hydrogen (secondary N) is 1. The minimum atomic E-state index is -0.862. The molecule has 3 nitrogen and oxygen atoms in total. The molecule has 2 N–H and O–H groups in total. The lowest BCUT2D eigenvalue weighted by Crippen LogP contribution is -2.42. The molecule has 0 bridgehead atoms. The van der Waals surface area contributed by atoms with Crippen molar-refractivity contribution in [1.29, 1.82) is 0 Å². The first-order chi connectivity index (χ1) is 7.46. The monoisotopic (exact) mass is 323 g/mol. The summed E-state index contributed by atoms with van der Waals surface area (Å²) in [5.74, 6) is 0.446. The van der Waals surface area contributed by atoms with E-state index in [-0.39, 0.29) is 12.5 Å². The standard InChI is InChI=1S/C10H14BrNO2S2/c1-10(14,6-15-2)5-12-9(13)8-7(11)3-4-16-8/h3-4,14H,5-6H2,1-2H3,(H,12,13). The summed E-state index contributed by atoms with van der Waals surface area (Å²) in [6, 6.07) is 1.83. The van der Waals surface area contributed by atoms with Crippen LogP contribution in [0.2, 0.25) is 0 Å². The highest BCUT2D eigenvalue weighted by Gasteiger charge is 2.21. The largest absolute Gasteiger partial charge is 0.387 e. The molecule has 1 atom stereocenters. The van der Waals surface area contributed by atoms with Crippen molar-refractivity contribution in [2.45, 2.75) is 12.5 Å². The molecule has 0 fully saturated rings. The first-order valence-electron chi connectivity index (χ1n) is 4.69. The molecule has 16 heavy (non-hydrogen) atoms. The van der Waals surface area contributed by atoms with Crippen molar-refractivity contribution in [1.82, 2.24) is 5.32 Å². The lowest BCUT2D eigenvalue weighted by Gasteiger charge is -2.22. The van der Waals surface area contributed by atoms with Gasteiger partial charge in [0.1, 0.15) is 4.88 Å². The molecular weight excluding hydrogens is 310 g/mol. The Morgan fingerprint density at radius 2 is 2.44 bits per heavy atom. The zero-order valence-electron chi connectivity index (χ0n) is 9.12. The quantitative estimate of drug-likeness (QED) is 0.874. The number of hydrogen-bond acceptors (Lipinski definition) is 4. The number of amides is 1. The number of halogens is 1. The van der Waals surface area contributed by atoms with Gasteiger partial charge in [0.25, 0.3) is 5.91 Å². The van der Waals surface area contributed by atoms with Gasteiger partial charge in [-0.25, -0.2) is 0 Å². The zero-order chi connectivity index (χ0) is 12.2. The summed E-state index contributed by atoms with van der Waals surface area (Å²) in [4.78, 5) is 12.4. The van der Waals surface area contributed by atoms with Gasteiger partial charge in [0.15, 0.2) is 0 Å². The van der Waals surface area contributed by atoms with E-state index < -0.39 is 5.60 Å². The third kappa shape index (κ3) is 4.08. The predicted molar refractivity (Wildman–Crippen MR) is 73.4 cm³/mol. The number of carbonyl (C=O) groups excluding carboxylic acids is 1. The average molecular weight is 324 g/mol. The Bertz CT molecular complexity index is 365. The molecule has 1 unspecified atom stereocenters. The molecule has 0 aliphatic heterocycles. The Hall–Kier alpha value is -0.0400. The molecule has 0 saturated carbocycles. The van der Waals surface area contributed by atoms with Crippen molar-refractivity contribution < 1.29 is 9.90 Å². The van der Waals surface area contributed by atoms with Crippen molar-refractivity contribution >= 4 is 44.9 Å². The molecule has 1 rings (SSSR count). The number of hydrogen-bond donors (Lipinski definition) is 2. The first-order valence-corrected chi connectivity index (χ1v) is 7.75. The Balaban J connectivity index is 2.51. The van der Waals surface area contributed by atoms with Crippen LogP contribution in [0.25, 0.3) is 0 Å². The molecular formula is C10H14BrNO2S2. The van der Waals surface area contributed by atoms with E-state index in [9.17, 15) is 9.90 Å². The van der Waals surface area contributed by atoms with Gasteiger partial charge < -0.3 is 10.4 Å². The minimum Gasteiger partial charge on any atom is -0.387 e. The number of aliphatic hydroxyl groups is 1. The van der Waals surface area contributed by atoms with Crippen LogP contribution in [0.4, 0.5) is 0 Å². The van der Waals surface area contributed by atoms with Crippen LogP contribution in [0.3, 0.4) is 0 Å². The summed E-state index contributed by atoms with van der Waals surface area (Å²) < 4.78 is 0.791. The highest BCUT2D eigenvalue weighted by Crippen LogP contribution is 2.22. The van der Waals surface area contributed by atoms with Crippen LogP contribution in [0.5, 0.6) is 0 Å². The minimum absolute atomic E-state index is 0.150. The zero-order valence-corrected chi connectivity index (χ0v) is 12.3. The molecule has 1 amide bonds. The van der Waals surface area contributed by atoms with Gasteiger partial charge in [-0.2, -0.15) is 11.8 Å². The van der Waals surface area contributed by atoms with Gasteiger partial charge in [-0.3, -0.25) is 4.79 Å². The fourth-order valence-corrected chi connectivity index (χ4v) is 3.36. The van der Waals surface area contributed by atoms with E-state index in [4.69, 9.17) is 0 Å². The topological polar surface area (TPSA) is 49.3 Å². The van der Waals surface area contributed by atoms with E-state index in [0.29, 0.717) is 10.6 Å². The van der Waals surface area contributed by atoms with E-state index in [0.717, 1.165) is 4.47 Å². The maximum absolute atomic E-state index is 11.7. The van der Waals surface area contributed by atoms with Crippen LogP contribution in [0.1, 0.15) is 16.6 Å². The molecule has 90 valence electrons. The maximum Gasteiger partial charge on any atom is 0.262 e. The molecule has 1 heterocycles. The van der Waals surface area contributed by atoms with Crippen molar-refractivity contribution in [2.24, 2.45) is 0 Å². The van der Waals surface area contributed by atoms with Gasteiger partial charge in [0, 0.05) is 16.8 Å². The van der Waals surface area contributed by atoms with E-state index in [2.05, 4.69) is 21.2 Å². The van der Waals surface area contributed by atoms with E-state index in [1.165, 1.54) is 11.3 Å². The van der Waals surface area contributed by atoms with Crippen LogP contribution in [-0.4, -0.2) is 35.2 Å². The lowest BCUT2D eigenvalue weighted by atomic mass is 10.1. The summed E-state index contributed by atoms with van der Waals surface area (Å²) in [5.41, 5.74) is -0.862. The summed E-state index contributed by atoms with van der Waals surface area (Å²) >= 11 is 6.23. The summed E-state index contributed by atoms with van der Waals surface area (Å²) in [6.07, 6.45) is 1.92. The first kappa shape index (κ1) is 14.0. The number of thioether (sulfide) groups is 1. The van der Waals surface area contributed by atoms with E-state index in [1.54, 1.807) is 18.7 Å². The van der Waals surface area contributed by atoms with Crippen LogP contribution in [0.15, 0.2) is 15.9 Å². The SMILES string of the molecule is CSCC(C)(O)CNC(=O)c1sccc1Br. The van der Waals surface area contributed by atoms with Gasteiger partial charge >= 0.3 is 0 Å². The van der Waals surface area contributed by atoms with E-state index >= 15 is 0 Å². The van der Waals surface area contributed by atoms with Gasteiger partial charge in [-0.05, 0) is 40.6 Å². The third-order valence-electron chi connectivity index (χ3n) is 1.91. The molecule has 0 aliphatic rings. The Morgan fingerprint density at radius 1 is 1.75 bits per heavy atom. The third-order valence-corrected chi connectivity index (χ3v) is 4.66. The highest BCUT2D eigenvalue weighted by molar-refractivity contribution is 9.10. The number of rotatable bonds is 5. The number of carbonyl (C=O) groups is 1. The van der Waals surface area contributed by atoms with Crippen LogP contribution in [0, 0.1) is 0 Å². The molecule has 0 spiro atoms. The Labute approximate surface area is 112 Å². The van der Waals surface area contributed by atoms with Crippen LogP contribution < -0.4 is 5.32 Å². The predicted octanol–water partition coefficient (Wildman–Crippen LogP) is 2.35. The van der Waals surface area contributed by atoms with Crippen molar-refractivity contribution in [3.63, 3.8) is 0 Å². The average Bonchev–Trinajstić information content (AvgIpc) is 2.61. The second-order valence-electron chi connectivity index (χ2n) is 3.71. The number of thiophene rings is 1. The van der Waals surface area contributed by atoms with Gasteiger partial charge in [0.05, 0.1) is 5.60 Å². The summed E-state index contributed by atoms with van der Waals surface area (Å²) in [6.45, 7) is 1.98. The van der Waals surface area contributed by atoms with Gasteiger partial charge in [0.2, 0.25) is 0 Å². The molecule has 6 heteroatoms. The summed E-state index contributed by atoms with van der Waals surface area (Å²) in [7, 11) is 0. The Kier molecular flexibility index (Phi) is 5.30. The summed E-state index contributed by atoms with van der Waals surface area (Å²) in [5, 5.41) is 14.5. The molecule has 1 aromatic rings. The van der Waals surface area contributed by atoms with Gasteiger partial charge in [-0.15, -0.1) is 11.3 Å². The van der Waals surface area contributed by atoms with Gasteiger partial charge in [-0.1, -0.05) is 0 Å². The van der Waals surface area contributed by atoms with Crippen LogP contribution in [-0.2, 0) is 0 Å². The highest BCUT2D eigenvalue weighted by atomic mass is 79.9. The van der Waals surface area contributed by atoms with E-state index in [1.807, 2.05) is 17.7 Å². The van der Waals surface area contributed by atoms with Crippen molar-refractivity contribution in [3.05, 3.63) is 20.8 Å². The second-order valence-corrected chi connectivity index (χ2v) is 6.35. The molecule has 1 aromatic heterocycles. The smallest absolute Gasteiger partial charge is 0.262 e. The molecule has 0 radical (unpaired) electrons. The fraction of sp³-hybridized carbons (Fsp3) is 0.500. The molecule has 0 saturated heterocycles. The molecule has 0 aliphatic carbocycles.